The van der Waals surface area contributed by atoms with E-state index in [1.165, 1.54) is 11.3 Å². The second-order valence-corrected chi connectivity index (χ2v) is 4.87. The van der Waals surface area contributed by atoms with E-state index in [9.17, 15) is 4.79 Å². The molecule has 0 saturated carbocycles. The predicted octanol–water partition coefficient (Wildman–Crippen LogP) is 3.37. The second-order valence-electron chi connectivity index (χ2n) is 2.94. The minimum absolute atomic E-state index is 0.332. The second kappa shape index (κ2) is 3.83. The summed E-state index contributed by atoms with van der Waals surface area (Å²) >= 11 is 4.62. The van der Waals surface area contributed by atoms with Crippen molar-refractivity contribution in [1.82, 2.24) is 0 Å². The molecule has 0 aliphatic heterocycles. The van der Waals surface area contributed by atoms with Crippen LogP contribution >= 0.6 is 27.3 Å². The molecule has 1 N–H and O–H groups in total. The van der Waals surface area contributed by atoms with Crippen molar-refractivity contribution in [3.05, 3.63) is 27.5 Å². The van der Waals surface area contributed by atoms with Crippen molar-refractivity contribution >= 4 is 43.3 Å². The number of halogens is 1. The van der Waals surface area contributed by atoms with Crippen LogP contribution in [0.2, 0.25) is 0 Å². The van der Waals surface area contributed by atoms with E-state index in [-0.39, 0.29) is 0 Å². The molecule has 78 valence electrons. The van der Waals surface area contributed by atoms with Gasteiger partial charge in [0.1, 0.15) is 10.6 Å². The molecule has 0 aliphatic rings. The van der Waals surface area contributed by atoms with Gasteiger partial charge in [0, 0.05) is 14.6 Å². The molecule has 0 saturated heterocycles. The van der Waals surface area contributed by atoms with E-state index < -0.39 is 5.97 Å². The maximum Gasteiger partial charge on any atom is 0.345 e. The Morgan fingerprint density at radius 2 is 2.20 bits per heavy atom. The summed E-state index contributed by atoms with van der Waals surface area (Å²) in [5.41, 5.74) is 0. The summed E-state index contributed by atoms with van der Waals surface area (Å²) in [7, 11) is 1.58. The molecule has 0 amide bonds. The van der Waals surface area contributed by atoms with Gasteiger partial charge in [0.2, 0.25) is 0 Å². The minimum atomic E-state index is -0.901. The van der Waals surface area contributed by atoms with Crippen molar-refractivity contribution in [2.75, 3.05) is 7.11 Å². The third kappa shape index (κ3) is 1.85. The number of ether oxygens (including phenoxy) is 1. The monoisotopic (exact) mass is 286 g/mol. The Kier molecular flexibility index (Phi) is 2.67. The van der Waals surface area contributed by atoms with Crippen LogP contribution in [0.3, 0.4) is 0 Å². The lowest BCUT2D eigenvalue weighted by Crippen LogP contribution is -1.89. The highest BCUT2D eigenvalue weighted by Gasteiger charge is 2.11. The molecule has 0 atom stereocenters. The number of carboxylic acid groups (broad SMARTS) is 1. The van der Waals surface area contributed by atoms with Gasteiger partial charge in [0.05, 0.1) is 7.11 Å². The highest BCUT2D eigenvalue weighted by molar-refractivity contribution is 9.10. The van der Waals surface area contributed by atoms with E-state index in [0.29, 0.717) is 10.6 Å². The molecule has 0 unspecified atom stereocenters. The van der Waals surface area contributed by atoms with Crippen LogP contribution in [0, 0.1) is 0 Å². The summed E-state index contributed by atoms with van der Waals surface area (Å²) in [6, 6.07) is 5.31. The zero-order chi connectivity index (χ0) is 11.0. The van der Waals surface area contributed by atoms with Gasteiger partial charge in [0.15, 0.2) is 0 Å². The van der Waals surface area contributed by atoms with Crippen LogP contribution in [0.25, 0.3) is 10.1 Å². The van der Waals surface area contributed by atoms with Crippen LogP contribution in [0.4, 0.5) is 0 Å². The number of benzene rings is 1. The van der Waals surface area contributed by atoms with Crippen molar-refractivity contribution in [3.63, 3.8) is 0 Å². The lowest BCUT2D eigenvalue weighted by Gasteiger charge is -2.00. The van der Waals surface area contributed by atoms with E-state index in [2.05, 4.69) is 15.9 Å². The SMILES string of the molecule is COc1cc(Br)c2cc(C(=O)O)sc2c1. The highest BCUT2D eigenvalue weighted by Crippen LogP contribution is 2.35. The van der Waals surface area contributed by atoms with E-state index in [1.54, 1.807) is 13.2 Å². The molecule has 3 nitrogen and oxygen atoms in total. The van der Waals surface area contributed by atoms with Gasteiger partial charge in [-0.1, -0.05) is 0 Å². The third-order valence-corrected chi connectivity index (χ3v) is 3.73. The Labute approximate surface area is 98.4 Å². The summed E-state index contributed by atoms with van der Waals surface area (Å²) in [6.45, 7) is 0. The van der Waals surface area contributed by atoms with Gasteiger partial charge in [-0.25, -0.2) is 4.79 Å². The highest BCUT2D eigenvalue weighted by atomic mass is 79.9. The number of methoxy groups -OCH3 is 1. The van der Waals surface area contributed by atoms with Gasteiger partial charge in [0.25, 0.3) is 0 Å². The van der Waals surface area contributed by atoms with E-state index in [1.807, 2.05) is 12.1 Å². The Balaban J connectivity index is 2.69. The lowest BCUT2D eigenvalue weighted by molar-refractivity contribution is 0.0702. The first-order chi connectivity index (χ1) is 7.11. The average molecular weight is 287 g/mol. The number of carbonyl (C=O) groups is 1. The molecule has 0 spiro atoms. The van der Waals surface area contributed by atoms with Gasteiger partial charge in [-0.3, -0.25) is 0 Å². The van der Waals surface area contributed by atoms with Crippen molar-refractivity contribution in [1.29, 1.82) is 0 Å². The summed E-state index contributed by atoms with van der Waals surface area (Å²) in [6.07, 6.45) is 0. The first kappa shape index (κ1) is 10.4. The number of rotatable bonds is 2. The molecule has 0 fully saturated rings. The number of fused-ring (bicyclic) bond motifs is 1. The Morgan fingerprint density at radius 3 is 2.80 bits per heavy atom. The molecule has 5 heteroatoms. The van der Waals surface area contributed by atoms with Crippen LogP contribution < -0.4 is 4.74 Å². The quantitative estimate of drug-likeness (QED) is 0.921. The summed E-state index contributed by atoms with van der Waals surface area (Å²) in [4.78, 5) is 11.1. The van der Waals surface area contributed by atoms with Crippen molar-refractivity contribution in [2.24, 2.45) is 0 Å². The number of carboxylic acids is 1. The van der Waals surface area contributed by atoms with Crippen molar-refractivity contribution < 1.29 is 14.6 Å². The van der Waals surface area contributed by atoms with Crippen LogP contribution in [0.15, 0.2) is 22.7 Å². The van der Waals surface area contributed by atoms with E-state index in [4.69, 9.17) is 9.84 Å². The smallest absolute Gasteiger partial charge is 0.345 e. The molecule has 0 aliphatic carbocycles. The summed E-state index contributed by atoms with van der Waals surface area (Å²) < 4.78 is 6.85. The van der Waals surface area contributed by atoms with Crippen molar-refractivity contribution in [3.8, 4) is 5.75 Å². The fourth-order valence-corrected chi connectivity index (χ4v) is 2.94. The van der Waals surface area contributed by atoms with Crippen LogP contribution in [-0.2, 0) is 0 Å². The minimum Gasteiger partial charge on any atom is -0.497 e. The summed E-state index contributed by atoms with van der Waals surface area (Å²) in [5, 5.41) is 9.77. The normalized spacial score (nSPS) is 10.5. The van der Waals surface area contributed by atoms with Gasteiger partial charge in [-0.2, -0.15) is 0 Å². The van der Waals surface area contributed by atoms with E-state index in [0.717, 1.165) is 14.6 Å². The molecule has 2 rings (SSSR count). The zero-order valence-corrected chi connectivity index (χ0v) is 10.2. The van der Waals surface area contributed by atoms with Gasteiger partial charge < -0.3 is 9.84 Å². The molecule has 0 bridgehead atoms. The molecule has 1 heterocycles. The maximum atomic E-state index is 10.8. The lowest BCUT2D eigenvalue weighted by atomic mass is 10.2. The Hall–Kier alpha value is -1.07. The van der Waals surface area contributed by atoms with Crippen molar-refractivity contribution in [2.45, 2.75) is 0 Å². The van der Waals surface area contributed by atoms with E-state index >= 15 is 0 Å². The van der Waals surface area contributed by atoms with Crippen LogP contribution in [0.5, 0.6) is 5.75 Å². The van der Waals surface area contributed by atoms with Gasteiger partial charge >= 0.3 is 5.97 Å². The molecule has 15 heavy (non-hydrogen) atoms. The first-order valence-electron chi connectivity index (χ1n) is 4.12. The number of hydrogen-bond acceptors (Lipinski definition) is 3. The number of hydrogen-bond donors (Lipinski definition) is 1. The average Bonchev–Trinajstić information content (AvgIpc) is 2.61. The number of aromatic carboxylic acids is 1. The number of thiophene rings is 1. The molecular weight excluding hydrogens is 280 g/mol. The molecule has 2 aromatic rings. The molecule has 0 radical (unpaired) electrons. The molecule has 1 aromatic carbocycles. The molecular formula is C10H7BrO3S. The topological polar surface area (TPSA) is 46.5 Å². The third-order valence-electron chi connectivity index (χ3n) is 2.01. The predicted molar refractivity (Wildman–Crippen MR) is 63.0 cm³/mol. The fraction of sp³-hybridized carbons (Fsp3) is 0.100. The molecule has 1 aromatic heterocycles. The standard InChI is InChI=1S/C10H7BrO3S/c1-14-5-2-7(11)6-4-9(10(12)13)15-8(6)3-5/h2-4H,1H3,(H,12,13). The summed E-state index contributed by atoms with van der Waals surface area (Å²) in [5.74, 6) is -0.185. The van der Waals surface area contributed by atoms with Gasteiger partial charge in [-0.15, -0.1) is 11.3 Å². The Bertz CT molecular complexity index is 533. The Morgan fingerprint density at radius 1 is 1.47 bits per heavy atom. The maximum absolute atomic E-state index is 10.8. The van der Waals surface area contributed by atoms with Gasteiger partial charge in [-0.05, 0) is 34.1 Å². The van der Waals surface area contributed by atoms with Crippen LogP contribution in [-0.4, -0.2) is 18.2 Å². The first-order valence-corrected chi connectivity index (χ1v) is 5.73. The largest absolute Gasteiger partial charge is 0.497 e. The zero-order valence-electron chi connectivity index (χ0n) is 7.78. The fourth-order valence-electron chi connectivity index (χ4n) is 1.30. The van der Waals surface area contributed by atoms with Crippen LogP contribution in [0.1, 0.15) is 9.67 Å².